The Morgan fingerprint density at radius 3 is 2.83 bits per heavy atom. The molecule has 2 heterocycles. The number of hydrogen-bond donors (Lipinski definition) is 2. The van der Waals surface area contributed by atoms with E-state index in [0.29, 0.717) is 0 Å². The molecule has 24 heavy (non-hydrogen) atoms. The van der Waals surface area contributed by atoms with E-state index in [1.165, 1.54) is 23.1 Å². The summed E-state index contributed by atoms with van der Waals surface area (Å²) in [6.07, 6.45) is 4.26. The average molecular weight is 375 g/mol. The molecule has 1 aromatic carbocycles. The minimum Gasteiger partial charge on any atom is -0.313 e. The highest BCUT2D eigenvalue weighted by atomic mass is 35.5. The van der Waals surface area contributed by atoms with Crippen LogP contribution in [0.2, 0.25) is 0 Å². The number of benzene rings is 1. The van der Waals surface area contributed by atoms with Crippen LogP contribution in [0.25, 0.3) is 5.69 Å². The van der Waals surface area contributed by atoms with Crippen molar-refractivity contribution in [1.29, 1.82) is 0 Å². The zero-order chi connectivity index (χ0) is 16.4. The molecule has 0 radical (unpaired) electrons. The van der Waals surface area contributed by atoms with Gasteiger partial charge in [0.1, 0.15) is 16.4 Å². The van der Waals surface area contributed by atoms with E-state index in [1.54, 1.807) is 18.2 Å². The molecule has 2 unspecified atom stereocenters. The Kier molecular flexibility index (Phi) is 5.97. The standard InChI is InChI=1S/C15H19FN4O2S.ClH/c1-11-14(6-4-8-17-11)19-23(21,22)12-9-18-20(10-12)15-7-3-2-5-13(15)16;/h2-3,5,7,9-11,14,17,19H,4,6,8H2,1H3;1H. The highest BCUT2D eigenvalue weighted by molar-refractivity contribution is 7.89. The van der Waals surface area contributed by atoms with Crippen LogP contribution in [-0.2, 0) is 10.0 Å². The molecule has 3 rings (SSSR count). The SMILES string of the molecule is CC1NCCCC1NS(=O)(=O)c1cnn(-c2ccccc2F)c1.Cl. The van der Waals surface area contributed by atoms with E-state index in [4.69, 9.17) is 0 Å². The van der Waals surface area contributed by atoms with Crippen LogP contribution in [0.1, 0.15) is 19.8 Å². The quantitative estimate of drug-likeness (QED) is 0.856. The summed E-state index contributed by atoms with van der Waals surface area (Å²) in [4.78, 5) is 0.0264. The second-order valence-corrected chi connectivity index (χ2v) is 7.40. The summed E-state index contributed by atoms with van der Waals surface area (Å²) in [5.74, 6) is -0.461. The average Bonchev–Trinajstić information content (AvgIpc) is 3.00. The van der Waals surface area contributed by atoms with Gasteiger partial charge in [-0.2, -0.15) is 5.10 Å². The first-order valence-electron chi connectivity index (χ1n) is 7.53. The third-order valence-corrected chi connectivity index (χ3v) is 5.48. The molecular weight excluding hydrogens is 355 g/mol. The zero-order valence-corrected chi connectivity index (χ0v) is 14.8. The maximum Gasteiger partial charge on any atom is 0.244 e. The summed E-state index contributed by atoms with van der Waals surface area (Å²) < 4.78 is 42.7. The van der Waals surface area contributed by atoms with Gasteiger partial charge in [-0.05, 0) is 38.4 Å². The van der Waals surface area contributed by atoms with Crippen molar-refractivity contribution in [1.82, 2.24) is 19.8 Å². The van der Waals surface area contributed by atoms with Gasteiger partial charge in [-0.3, -0.25) is 0 Å². The van der Waals surface area contributed by atoms with Crippen LogP contribution in [0.15, 0.2) is 41.6 Å². The predicted molar refractivity (Wildman–Crippen MR) is 91.6 cm³/mol. The Balaban J connectivity index is 0.00000208. The van der Waals surface area contributed by atoms with Crippen LogP contribution in [0.5, 0.6) is 0 Å². The van der Waals surface area contributed by atoms with E-state index in [9.17, 15) is 12.8 Å². The van der Waals surface area contributed by atoms with Gasteiger partial charge in [-0.15, -0.1) is 12.4 Å². The van der Waals surface area contributed by atoms with Crippen LogP contribution in [0.4, 0.5) is 4.39 Å². The van der Waals surface area contributed by atoms with Crippen molar-refractivity contribution in [2.75, 3.05) is 6.54 Å². The lowest BCUT2D eigenvalue weighted by Gasteiger charge is -2.30. The molecule has 1 aliphatic rings. The Morgan fingerprint density at radius 2 is 2.12 bits per heavy atom. The number of nitrogens with zero attached hydrogens (tertiary/aromatic N) is 2. The summed E-state index contributed by atoms with van der Waals surface area (Å²) in [7, 11) is -3.69. The maximum absolute atomic E-state index is 13.8. The molecule has 0 amide bonds. The fraction of sp³-hybridized carbons (Fsp3) is 0.400. The van der Waals surface area contributed by atoms with E-state index in [-0.39, 0.29) is 35.1 Å². The lowest BCUT2D eigenvalue weighted by atomic mass is 10.0. The smallest absolute Gasteiger partial charge is 0.244 e. The summed E-state index contributed by atoms with van der Waals surface area (Å²) in [6.45, 7) is 2.85. The van der Waals surface area contributed by atoms with E-state index < -0.39 is 15.8 Å². The van der Waals surface area contributed by atoms with Gasteiger partial charge in [0.05, 0.1) is 12.4 Å². The number of sulfonamides is 1. The van der Waals surface area contributed by atoms with Crippen LogP contribution >= 0.6 is 12.4 Å². The number of nitrogens with one attached hydrogen (secondary N) is 2. The van der Waals surface area contributed by atoms with Crippen molar-refractivity contribution in [3.05, 3.63) is 42.5 Å². The normalized spacial score (nSPS) is 21.2. The monoisotopic (exact) mass is 374 g/mol. The van der Waals surface area contributed by atoms with Gasteiger partial charge >= 0.3 is 0 Å². The summed E-state index contributed by atoms with van der Waals surface area (Å²) in [5, 5.41) is 7.21. The fourth-order valence-electron chi connectivity index (χ4n) is 2.69. The molecular formula is C15H20ClFN4O2S. The topological polar surface area (TPSA) is 76.0 Å². The Labute approximate surface area is 146 Å². The molecule has 0 bridgehead atoms. The molecule has 1 aliphatic heterocycles. The first-order valence-corrected chi connectivity index (χ1v) is 9.01. The molecule has 1 saturated heterocycles. The third kappa shape index (κ3) is 3.94. The Bertz CT molecular complexity index is 796. The van der Waals surface area contributed by atoms with Crippen molar-refractivity contribution in [2.45, 2.75) is 36.7 Å². The molecule has 9 heteroatoms. The molecule has 0 aliphatic carbocycles. The lowest BCUT2D eigenvalue weighted by Crippen LogP contribution is -2.51. The number of para-hydroxylation sites is 1. The van der Waals surface area contributed by atoms with E-state index >= 15 is 0 Å². The molecule has 2 N–H and O–H groups in total. The van der Waals surface area contributed by atoms with E-state index in [1.807, 2.05) is 6.92 Å². The molecule has 2 atom stereocenters. The summed E-state index contributed by atoms with van der Waals surface area (Å²) in [6, 6.07) is 5.99. The highest BCUT2D eigenvalue weighted by Crippen LogP contribution is 2.17. The van der Waals surface area contributed by atoms with Gasteiger partial charge in [-0.1, -0.05) is 12.1 Å². The van der Waals surface area contributed by atoms with Crippen molar-refractivity contribution < 1.29 is 12.8 Å². The minimum atomic E-state index is -3.69. The van der Waals surface area contributed by atoms with Crippen LogP contribution in [-0.4, -0.2) is 36.8 Å². The lowest BCUT2D eigenvalue weighted by molar-refractivity contribution is 0.349. The number of piperidine rings is 1. The van der Waals surface area contributed by atoms with E-state index in [2.05, 4.69) is 15.1 Å². The Hall–Kier alpha value is -1.48. The van der Waals surface area contributed by atoms with Gasteiger partial charge < -0.3 is 5.32 Å². The largest absolute Gasteiger partial charge is 0.313 e. The third-order valence-electron chi connectivity index (χ3n) is 4.04. The maximum atomic E-state index is 13.8. The second kappa shape index (κ2) is 7.60. The van der Waals surface area contributed by atoms with Crippen molar-refractivity contribution in [2.24, 2.45) is 0 Å². The minimum absolute atomic E-state index is 0. The molecule has 1 fully saturated rings. The van der Waals surface area contributed by atoms with Crippen molar-refractivity contribution >= 4 is 22.4 Å². The molecule has 1 aromatic heterocycles. The second-order valence-electron chi connectivity index (χ2n) is 5.68. The number of halogens is 2. The van der Waals surface area contributed by atoms with Gasteiger partial charge in [-0.25, -0.2) is 22.2 Å². The number of aromatic nitrogens is 2. The number of rotatable bonds is 4. The molecule has 2 aromatic rings. The first-order chi connectivity index (χ1) is 11.0. The van der Waals surface area contributed by atoms with Gasteiger partial charge in [0.2, 0.25) is 10.0 Å². The molecule has 6 nitrogen and oxygen atoms in total. The van der Waals surface area contributed by atoms with Gasteiger partial charge in [0.15, 0.2) is 0 Å². The van der Waals surface area contributed by atoms with Crippen LogP contribution in [0.3, 0.4) is 0 Å². The number of hydrogen-bond acceptors (Lipinski definition) is 4. The van der Waals surface area contributed by atoms with Crippen molar-refractivity contribution in [3.63, 3.8) is 0 Å². The summed E-state index contributed by atoms with van der Waals surface area (Å²) in [5.41, 5.74) is 0.210. The molecule has 0 spiro atoms. The van der Waals surface area contributed by atoms with Crippen LogP contribution in [0, 0.1) is 5.82 Å². The van der Waals surface area contributed by atoms with E-state index in [0.717, 1.165) is 19.4 Å². The highest BCUT2D eigenvalue weighted by Gasteiger charge is 2.27. The molecule has 0 saturated carbocycles. The summed E-state index contributed by atoms with van der Waals surface area (Å²) >= 11 is 0. The first kappa shape index (κ1) is 18.9. The van der Waals surface area contributed by atoms with Gasteiger partial charge in [0, 0.05) is 12.1 Å². The fourth-order valence-corrected chi connectivity index (χ4v) is 3.97. The van der Waals surface area contributed by atoms with Gasteiger partial charge in [0.25, 0.3) is 0 Å². The Morgan fingerprint density at radius 1 is 1.38 bits per heavy atom. The van der Waals surface area contributed by atoms with Crippen molar-refractivity contribution in [3.8, 4) is 5.69 Å². The predicted octanol–water partition coefficient (Wildman–Crippen LogP) is 1.85. The molecule has 132 valence electrons. The zero-order valence-electron chi connectivity index (χ0n) is 13.1. The van der Waals surface area contributed by atoms with Crippen LogP contribution < -0.4 is 10.0 Å².